The molecule has 6 nitrogen and oxygen atoms in total. The minimum absolute atomic E-state index is 0.156. The smallest absolute Gasteiger partial charge is 0.341 e. The number of nitrogens with zero attached hydrogens (tertiary/aromatic N) is 2. The van der Waals surface area contributed by atoms with E-state index in [1.807, 2.05) is 0 Å². The van der Waals surface area contributed by atoms with Crippen LogP contribution in [0.3, 0.4) is 0 Å². The standard InChI is InChI=1S/C19H17FN2O4S/c1-11-14(19(24)25-3)8-12(26-11)9-22(2)18(23)16-10-27-17(21-16)13-6-4-5-7-15(13)20/h4-8,10H,9H2,1-3H3. The number of hydrogen-bond donors (Lipinski definition) is 0. The van der Waals surface area contributed by atoms with E-state index in [1.54, 1.807) is 43.6 Å². The molecule has 1 aromatic carbocycles. The Balaban J connectivity index is 1.75. The van der Waals surface area contributed by atoms with Gasteiger partial charge in [-0.3, -0.25) is 4.79 Å². The number of thiazole rings is 1. The zero-order valence-electron chi connectivity index (χ0n) is 15.0. The van der Waals surface area contributed by atoms with Gasteiger partial charge >= 0.3 is 5.97 Å². The van der Waals surface area contributed by atoms with Gasteiger partial charge in [0.2, 0.25) is 0 Å². The molecular weight excluding hydrogens is 371 g/mol. The summed E-state index contributed by atoms with van der Waals surface area (Å²) in [6, 6.07) is 7.83. The summed E-state index contributed by atoms with van der Waals surface area (Å²) in [6.07, 6.45) is 0. The lowest BCUT2D eigenvalue weighted by atomic mass is 10.2. The summed E-state index contributed by atoms with van der Waals surface area (Å²) in [7, 11) is 2.89. The van der Waals surface area contributed by atoms with Gasteiger partial charge in [0.15, 0.2) is 0 Å². The Kier molecular flexibility index (Phi) is 5.36. The van der Waals surface area contributed by atoms with Crippen LogP contribution in [-0.4, -0.2) is 35.9 Å². The molecule has 0 radical (unpaired) electrons. The van der Waals surface area contributed by atoms with Crippen molar-refractivity contribution in [3.05, 3.63) is 64.3 Å². The number of amides is 1. The Morgan fingerprint density at radius 3 is 2.78 bits per heavy atom. The first-order chi connectivity index (χ1) is 12.9. The molecule has 1 amide bonds. The molecule has 0 unspecified atom stereocenters. The van der Waals surface area contributed by atoms with Crippen LogP contribution < -0.4 is 0 Å². The van der Waals surface area contributed by atoms with Crippen LogP contribution in [0.2, 0.25) is 0 Å². The molecule has 2 heterocycles. The fourth-order valence-corrected chi connectivity index (χ4v) is 3.39. The van der Waals surface area contributed by atoms with Gasteiger partial charge in [0, 0.05) is 18.0 Å². The normalized spacial score (nSPS) is 10.7. The zero-order chi connectivity index (χ0) is 19.6. The van der Waals surface area contributed by atoms with E-state index in [0.29, 0.717) is 27.7 Å². The Morgan fingerprint density at radius 1 is 1.33 bits per heavy atom. The van der Waals surface area contributed by atoms with Crippen LogP contribution in [0.15, 0.2) is 40.1 Å². The third-order valence-corrected chi connectivity index (χ3v) is 4.82. The molecule has 0 N–H and O–H groups in total. The number of aryl methyl sites for hydroxylation is 1. The molecule has 27 heavy (non-hydrogen) atoms. The van der Waals surface area contributed by atoms with Gasteiger partial charge in [0.1, 0.15) is 33.6 Å². The molecule has 0 fully saturated rings. The predicted octanol–water partition coefficient (Wildman–Crippen LogP) is 3.91. The lowest BCUT2D eigenvalue weighted by molar-refractivity contribution is 0.0598. The van der Waals surface area contributed by atoms with Gasteiger partial charge in [-0.15, -0.1) is 11.3 Å². The van der Waals surface area contributed by atoms with Crippen molar-refractivity contribution in [3.63, 3.8) is 0 Å². The van der Waals surface area contributed by atoms with Crippen molar-refractivity contribution >= 4 is 23.2 Å². The molecule has 0 aliphatic heterocycles. The highest BCUT2D eigenvalue weighted by Crippen LogP contribution is 2.26. The molecule has 0 spiro atoms. The molecule has 0 saturated carbocycles. The van der Waals surface area contributed by atoms with Crippen LogP contribution in [0, 0.1) is 12.7 Å². The number of carbonyl (C=O) groups is 2. The van der Waals surface area contributed by atoms with E-state index in [9.17, 15) is 14.0 Å². The third kappa shape index (κ3) is 3.90. The number of carbonyl (C=O) groups excluding carboxylic acids is 2. The summed E-state index contributed by atoms with van der Waals surface area (Å²) < 4.78 is 24.1. The average molecular weight is 388 g/mol. The van der Waals surface area contributed by atoms with E-state index in [0.717, 1.165) is 0 Å². The molecule has 3 aromatic rings. The summed E-state index contributed by atoms with van der Waals surface area (Å²) in [4.78, 5) is 29.9. The van der Waals surface area contributed by atoms with Crippen molar-refractivity contribution in [1.82, 2.24) is 9.88 Å². The Labute approximate surface area is 159 Å². The third-order valence-electron chi connectivity index (χ3n) is 3.94. The van der Waals surface area contributed by atoms with E-state index in [1.165, 1.54) is 29.4 Å². The molecule has 0 atom stereocenters. The quantitative estimate of drug-likeness (QED) is 0.620. The fourth-order valence-electron chi connectivity index (χ4n) is 2.57. The van der Waals surface area contributed by atoms with Crippen LogP contribution in [-0.2, 0) is 11.3 Å². The van der Waals surface area contributed by atoms with Crippen LogP contribution in [0.25, 0.3) is 10.6 Å². The van der Waals surface area contributed by atoms with Crippen molar-refractivity contribution in [2.45, 2.75) is 13.5 Å². The first-order valence-corrected chi connectivity index (χ1v) is 8.92. The lowest BCUT2D eigenvalue weighted by Crippen LogP contribution is -2.26. The highest BCUT2D eigenvalue weighted by molar-refractivity contribution is 7.13. The summed E-state index contributed by atoms with van der Waals surface area (Å²) >= 11 is 1.20. The van der Waals surface area contributed by atoms with Crippen molar-refractivity contribution < 1.29 is 23.1 Å². The largest absolute Gasteiger partial charge is 0.465 e. The van der Waals surface area contributed by atoms with E-state index in [-0.39, 0.29) is 24.0 Å². The maximum absolute atomic E-state index is 13.9. The summed E-state index contributed by atoms with van der Waals surface area (Å²) in [6.45, 7) is 1.81. The number of furan rings is 1. The zero-order valence-corrected chi connectivity index (χ0v) is 15.8. The molecule has 3 rings (SSSR count). The van der Waals surface area contributed by atoms with Gasteiger partial charge in [0.05, 0.1) is 13.7 Å². The molecule has 2 aromatic heterocycles. The highest BCUT2D eigenvalue weighted by Gasteiger charge is 2.21. The summed E-state index contributed by atoms with van der Waals surface area (Å²) in [5.74, 6) is -0.338. The van der Waals surface area contributed by atoms with Crippen LogP contribution in [0.1, 0.15) is 32.4 Å². The number of benzene rings is 1. The topological polar surface area (TPSA) is 72.6 Å². The molecule has 0 aliphatic rings. The number of aromatic nitrogens is 1. The number of methoxy groups -OCH3 is 1. The monoisotopic (exact) mass is 388 g/mol. The molecule has 140 valence electrons. The molecule has 8 heteroatoms. The minimum Gasteiger partial charge on any atom is -0.465 e. The second-order valence-corrected chi connectivity index (χ2v) is 6.71. The van der Waals surface area contributed by atoms with E-state index in [4.69, 9.17) is 4.42 Å². The molecule has 0 aliphatic carbocycles. The van der Waals surface area contributed by atoms with Crippen LogP contribution in [0.5, 0.6) is 0 Å². The van der Waals surface area contributed by atoms with Crippen LogP contribution in [0.4, 0.5) is 4.39 Å². The minimum atomic E-state index is -0.495. The molecule has 0 saturated heterocycles. The summed E-state index contributed by atoms with van der Waals surface area (Å²) in [5.41, 5.74) is 0.898. The Bertz CT molecular complexity index is 995. The Morgan fingerprint density at radius 2 is 2.07 bits per heavy atom. The van der Waals surface area contributed by atoms with Gasteiger partial charge in [-0.1, -0.05) is 12.1 Å². The Hall–Kier alpha value is -3.00. The van der Waals surface area contributed by atoms with Gasteiger partial charge in [-0.2, -0.15) is 0 Å². The second kappa shape index (κ2) is 7.71. The predicted molar refractivity (Wildman–Crippen MR) is 98.1 cm³/mol. The first-order valence-electron chi connectivity index (χ1n) is 8.04. The molecular formula is C19H17FN2O4S. The highest BCUT2D eigenvalue weighted by atomic mass is 32.1. The number of ether oxygens (including phenoxy) is 1. The SMILES string of the molecule is COC(=O)c1cc(CN(C)C(=O)c2csc(-c3ccccc3F)n2)oc1C. The van der Waals surface area contributed by atoms with Crippen molar-refractivity contribution in [1.29, 1.82) is 0 Å². The van der Waals surface area contributed by atoms with Crippen molar-refractivity contribution in [3.8, 4) is 10.6 Å². The van der Waals surface area contributed by atoms with Gasteiger partial charge in [0.25, 0.3) is 5.91 Å². The maximum Gasteiger partial charge on any atom is 0.341 e. The van der Waals surface area contributed by atoms with Crippen molar-refractivity contribution in [2.24, 2.45) is 0 Å². The van der Waals surface area contributed by atoms with E-state index < -0.39 is 5.97 Å². The lowest BCUT2D eigenvalue weighted by Gasteiger charge is -2.14. The maximum atomic E-state index is 13.9. The van der Waals surface area contributed by atoms with Gasteiger partial charge in [-0.25, -0.2) is 14.2 Å². The van der Waals surface area contributed by atoms with Gasteiger partial charge in [-0.05, 0) is 25.1 Å². The summed E-state index contributed by atoms with van der Waals surface area (Å²) in [5, 5.41) is 2.03. The second-order valence-electron chi connectivity index (χ2n) is 5.85. The number of hydrogen-bond acceptors (Lipinski definition) is 6. The first kappa shape index (κ1) is 18.8. The number of halogens is 1. The van der Waals surface area contributed by atoms with E-state index >= 15 is 0 Å². The fraction of sp³-hybridized carbons (Fsp3) is 0.211. The molecule has 0 bridgehead atoms. The van der Waals surface area contributed by atoms with Gasteiger partial charge < -0.3 is 14.1 Å². The number of rotatable bonds is 5. The van der Waals surface area contributed by atoms with E-state index in [2.05, 4.69) is 9.72 Å². The average Bonchev–Trinajstić information content (AvgIpc) is 3.27. The van der Waals surface area contributed by atoms with Crippen molar-refractivity contribution in [2.75, 3.05) is 14.2 Å². The van der Waals surface area contributed by atoms with Crippen LogP contribution >= 0.6 is 11.3 Å². The number of esters is 1.